The van der Waals surface area contributed by atoms with Crippen LogP contribution in [0, 0.1) is 13.8 Å². The van der Waals surface area contributed by atoms with Crippen molar-refractivity contribution in [3.8, 4) is 0 Å². The van der Waals surface area contributed by atoms with Crippen LogP contribution in [0.2, 0.25) is 0 Å². The molecule has 3 rings (SSSR count). The SMILES string of the molecule is CSc1cccc(NC(=O)COC(=O)C2(S(=O)(=O)c3ccc(C)c(C)c3)CCCC2)c1. The second-order valence-electron chi connectivity index (χ2n) is 7.81. The summed E-state index contributed by atoms with van der Waals surface area (Å²) in [5, 5.41) is 2.68. The number of thioether (sulfide) groups is 1. The predicted molar refractivity (Wildman–Crippen MR) is 122 cm³/mol. The molecule has 0 radical (unpaired) electrons. The average molecular weight is 462 g/mol. The zero-order valence-electron chi connectivity index (χ0n) is 17.9. The zero-order valence-corrected chi connectivity index (χ0v) is 19.6. The highest BCUT2D eigenvalue weighted by molar-refractivity contribution is 7.98. The van der Waals surface area contributed by atoms with Crippen LogP contribution in [0.25, 0.3) is 0 Å². The number of ether oxygens (including phenoxy) is 1. The molecule has 1 N–H and O–H groups in total. The highest BCUT2D eigenvalue weighted by Gasteiger charge is 2.54. The predicted octanol–water partition coefficient (Wildman–Crippen LogP) is 4.29. The Morgan fingerprint density at radius 3 is 2.42 bits per heavy atom. The lowest BCUT2D eigenvalue weighted by Gasteiger charge is -2.26. The van der Waals surface area contributed by atoms with Crippen LogP contribution in [0.1, 0.15) is 36.8 Å². The molecule has 31 heavy (non-hydrogen) atoms. The molecule has 0 bridgehead atoms. The molecule has 1 saturated carbocycles. The summed E-state index contributed by atoms with van der Waals surface area (Å²) in [4.78, 5) is 26.4. The summed E-state index contributed by atoms with van der Waals surface area (Å²) in [6.07, 6.45) is 3.55. The number of rotatable bonds is 7. The third kappa shape index (κ3) is 4.80. The Morgan fingerprint density at radius 2 is 1.77 bits per heavy atom. The molecule has 0 aromatic heterocycles. The second kappa shape index (κ2) is 9.44. The van der Waals surface area contributed by atoms with Gasteiger partial charge in [0.05, 0.1) is 4.90 Å². The summed E-state index contributed by atoms with van der Waals surface area (Å²) in [6.45, 7) is 3.20. The Morgan fingerprint density at radius 1 is 1.06 bits per heavy atom. The van der Waals surface area contributed by atoms with Gasteiger partial charge in [-0.05, 0) is 74.4 Å². The van der Waals surface area contributed by atoms with Gasteiger partial charge in [0.2, 0.25) is 0 Å². The quantitative estimate of drug-likeness (QED) is 0.489. The van der Waals surface area contributed by atoms with Crippen LogP contribution in [0.15, 0.2) is 52.3 Å². The van der Waals surface area contributed by atoms with Gasteiger partial charge in [-0.1, -0.05) is 25.0 Å². The van der Waals surface area contributed by atoms with E-state index in [0.717, 1.165) is 16.0 Å². The number of hydrogen-bond donors (Lipinski definition) is 1. The number of carbonyl (C=O) groups excluding carboxylic acids is 2. The third-order valence-corrected chi connectivity index (χ3v) is 8.98. The number of esters is 1. The van der Waals surface area contributed by atoms with Gasteiger partial charge >= 0.3 is 5.97 Å². The van der Waals surface area contributed by atoms with Gasteiger partial charge in [0.1, 0.15) is 0 Å². The number of nitrogens with one attached hydrogen (secondary N) is 1. The molecule has 0 saturated heterocycles. The lowest BCUT2D eigenvalue weighted by atomic mass is 10.1. The van der Waals surface area contributed by atoms with Gasteiger partial charge in [-0.25, -0.2) is 8.42 Å². The van der Waals surface area contributed by atoms with Crippen LogP contribution in [0.3, 0.4) is 0 Å². The van der Waals surface area contributed by atoms with E-state index >= 15 is 0 Å². The molecule has 2 aromatic rings. The molecule has 166 valence electrons. The van der Waals surface area contributed by atoms with E-state index in [9.17, 15) is 18.0 Å². The summed E-state index contributed by atoms with van der Waals surface area (Å²) in [5.74, 6) is -1.36. The van der Waals surface area contributed by atoms with Crippen molar-refractivity contribution in [2.45, 2.75) is 54.1 Å². The minimum absolute atomic E-state index is 0.118. The van der Waals surface area contributed by atoms with Crippen LogP contribution in [0.5, 0.6) is 0 Å². The Labute approximate surface area is 187 Å². The number of benzene rings is 2. The van der Waals surface area contributed by atoms with Crippen molar-refractivity contribution >= 4 is 39.2 Å². The Balaban J connectivity index is 1.75. The van der Waals surface area contributed by atoms with Gasteiger partial charge in [-0.2, -0.15) is 0 Å². The summed E-state index contributed by atoms with van der Waals surface area (Å²) >= 11 is 1.54. The molecule has 0 unspecified atom stereocenters. The summed E-state index contributed by atoms with van der Waals surface area (Å²) in [7, 11) is -3.96. The smallest absolute Gasteiger partial charge is 0.328 e. The number of aryl methyl sites for hydroxylation is 2. The summed E-state index contributed by atoms with van der Waals surface area (Å²) in [6, 6.07) is 12.2. The molecule has 0 spiro atoms. The van der Waals surface area contributed by atoms with Crippen LogP contribution >= 0.6 is 11.8 Å². The molecule has 2 aromatic carbocycles. The fourth-order valence-electron chi connectivity index (χ4n) is 3.80. The standard InChI is InChI=1S/C23H27NO5S2/c1-16-9-10-20(13-17(16)2)31(27,28)23(11-4-5-12-23)22(26)29-15-21(25)24-18-7-6-8-19(14-18)30-3/h6-10,13-14H,4-5,11-12,15H2,1-3H3,(H,24,25). The molecule has 0 heterocycles. The van der Waals surface area contributed by atoms with E-state index in [4.69, 9.17) is 4.74 Å². The monoisotopic (exact) mass is 461 g/mol. The topological polar surface area (TPSA) is 89.5 Å². The maximum atomic E-state index is 13.5. The van der Waals surface area contributed by atoms with Gasteiger partial charge in [0, 0.05) is 10.6 Å². The molecule has 0 atom stereocenters. The van der Waals surface area contributed by atoms with E-state index in [-0.39, 0.29) is 17.7 Å². The molecular weight excluding hydrogens is 434 g/mol. The number of hydrogen-bond acceptors (Lipinski definition) is 6. The van der Waals surface area contributed by atoms with Crippen LogP contribution < -0.4 is 5.32 Å². The van der Waals surface area contributed by atoms with Crippen LogP contribution in [0.4, 0.5) is 5.69 Å². The molecule has 1 amide bonds. The maximum absolute atomic E-state index is 13.5. The highest BCUT2D eigenvalue weighted by Crippen LogP contribution is 2.41. The van der Waals surface area contributed by atoms with Crippen molar-refractivity contribution in [1.82, 2.24) is 0 Å². The molecule has 1 aliphatic rings. The van der Waals surface area contributed by atoms with Crippen molar-refractivity contribution in [3.63, 3.8) is 0 Å². The van der Waals surface area contributed by atoms with Crippen molar-refractivity contribution in [3.05, 3.63) is 53.6 Å². The number of anilines is 1. The number of amides is 1. The van der Waals surface area contributed by atoms with Gasteiger partial charge in [0.25, 0.3) is 5.91 Å². The van der Waals surface area contributed by atoms with Gasteiger partial charge < -0.3 is 10.1 Å². The normalized spacial score (nSPS) is 15.5. The summed E-state index contributed by atoms with van der Waals surface area (Å²) in [5.41, 5.74) is 2.41. The van der Waals surface area contributed by atoms with Gasteiger partial charge in [-0.3, -0.25) is 9.59 Å². The Kier molecular flexibility index (Phi) is 7.11. The molecule has 6 nitrogen and oxygen atoms in total. The first-order chi connectivity index (χ1) is 14.7. The van der Waals surface area contributed by atoms with E-state index in [0.29, 0.717) is 18.5 Å². The molecule has 0 aliphatic heterocycles. The van der Waals surface area contributed by atoms with Crippen molar-refractivity contribution < 1.29 is 22.7 Å². The van der Waals surface area contributed by atoms with Crippen molar-refractivity contribution in [2.24, 2.45) is 0 Å². The Hall–Kier alpha value is -2.32. The van der Waals surface area contributed by atoms with E-state index < -0.39 is 33.1 Å². The van der Waals surface area contributed by atoms with Crippen LogP contribution in [-0.4, -0.2) is 37.9 Å². The van der Waals surface area contributed by atoms with E-state index in [1.165, 1.54) is 6.07 Å². The van der Waals surface area contributed by atoms with Gasteiger partial charge in [-0.15, -0.1) is 11.8 Å². The average Bonchev–Trinajstić information content (AvgIpc) is 3.26. The lowest BCUT2D eigenvalue weighted by Crippen LogP contribution is -2.46. The van der Waals surface area contributed by atoms with Crippen molar-refractivity contribution in [2.75, 3.05) is 18.2 Å². The Bertz CT molecular complexity index is 1090. The second-order valence-corrected chi connectivity index (χ2v) is 10.9. The first-order valence-corrected chi connectivity index (χ1v) is 12.8. The molecule has 8 heteroatoms. The minimum atomic E-state index is -3.96. The fourth-order valence-corrected chi connectivity index (χ4v) is 6.39. The van der Waals surface area contributed by atoms with E-state index in [1.807, 2.05) is 38.3 Å². The van der Waals surface area contributed by atoms with Gasteiger partial charge in [0.15, 0.2) is 21.2 Å². The van der Waals surface area contributed by atoms with E-state index in [1.54, 1.807) is 30.0 Å². The highest BCUT2D eigenvalue weighted by atomic mass is 32.2. The molecule has 1 fully saturated rings. The number of carbonyl (C=O) groups is 2. The fraction of sp³-hybridized carbons (Fsp3) is 0.391. The summed E-state index contributed by atoms with van der Waals surface area (Å²) < 4.78 is 30.5. The van der Waals surface area contributed by atoms with Crippen molar-refractivity contribution in [1.29, 1.82) is 0 Å². The lowest BCUT2D eigenvalue weighted by molar-refractivity contribution is -0.149. The maximum Gasteiger partial charge on any atom is 0.328 e. The first kappa shape index (κ1) is 23.3. The number of sulfone groups is 1. The third-order valence-electron chi connectivity index (χ3n) is 5.77. The largest absolute Gasteiger partial charge is 0.454 e. The van der Waals surface area contributed by atoms with Crippen LogP contribution in [-0.2, 0) is 24.2 Å². The molecular formula is C23H27NO5S2. The minimum Gasteiger partial charge on any atom is -0.454 e. The first-order valence-electron chi connectivity index (χ1n) is 10.1. The van der Waals surface area contributed by atoms with E-state index in [2.05, 4.69) is 5.32 Å². The zero-order chi connectivity index (χ0) is 22.6. The molecule has 1 aliphatic carbocycles.